The summed E-state index contributed by atoms with van der Waals surface area (Å²) in [4.78, 5) is 17.6. The second-order valence-electron chi connectivity index (χ2n) is 5.49. The van der Waals surface area contributed by atoms with Gasteiger partial charge in [-0.3, -0.25) is 9.36 Å². The van der Waals surface area contributed by atoms with Crippen LogP contribution in [0.5, 0.6) is 0 Å². The Morgan fingerprint density at radius 3 is 2.57 bits per heavy atom. The Morgan fingerprint density at radius 1 is 1.04 bits per heavy atom. The molecule has 2 aromatic carbocycles. The van der Waals surface area contributed by atoms with Crippen molar-refractivity contribution in [3.8, 4) is 0 Å². The highest BCUT2D eigenvalue weighted by molar-refractivity contribution is 7.99. The van der Waals surface area contributed by atoms with Gasteiger partial charge in [-0.2, -0.15) is 0 Å². The van der Waals surface area contributed by atoms with Crippen molar-refractivity contribution in [1.29, 1.82) is 0 Å². The van der Waals surface area contributed by atoms with Crippen molar-refractivity contribution in [2.45, 2.75) is 31.5 Å². The number of hydrogen-bond donors (Lipinski definition) is 0. The number of benzene rings is 2. The lowest BCUT2D eigenvalue weighted by atomic mass is 10.2. The molecule has 3 rings (SSSR count). The molecular formula is C19H20N2OS. The van der Waals surface area contributed by atoms with Crippen molar-refractivity contribution < 1.29 is 0 Å². The van der Waals surface area contributed by atoms with Crippen LogP contribution < -0.4 is 5.56 Å². The molecule has 23 heavy (non-hydrogen) atoms. The van der Waals surface area contributed by atoms with Crippen molar-refractivity contribution >= 4 is 22.7 Å². The molecule has 0 radical (unpaired) electrons. The topological polar surface area (TPSA) is 34.9 Å². The zero-order chi connectivity index (χ0) is 16.1. The summed E-state index contributed by atoms with van der Waals surface area (Å²) < 4.78 is 1.80. The monoisotopic (exact) mass is 324 g/mol. The van der Waals surface area contributed by atoms with Gasteiger partial charge in [0.2, 0.25) is 0 Å². The molecule has 0 fully saturated rings. The molecular weight excluding hydrogens is 304 g/mol. The predicted octanol–water partition coefficient (Wildman–Crippen LogP) is 4.34. The quantitative estimate of drug-likeness (QED) is 0.384. The van der Waals surface area contributed by atoms with Gasteiger partial charge in [0, 0.05) is 5.75 Å². The van der Waals surface area contributed by atoms with Crippen LogP contribution in [-0.4, -0.2) is 15.3 Å². The summed E-state index contributed by atoms with van der Waals surface area (Å²) in [6.07, 6.45) is 2.27. The Labute approximate surface area is 140 Å². The lowest BCUT2D eigenvalue weighted by Gasteiger charge is -2.13. The molecule has 0 saturated heterocycles. The molecule has 0 N–H and O–H groups in total. The van der Waals surface area contributed by atoms with Crippen LogP contribution in [0.1, 0.15) is 25.3 Å². The first-order chi connectivity index (χ1) is 11.3. The van der Waals surface area contributed by atoms with Crippen molar-refractivity contribution in [3.63, 3.8) is 0 Å². The van der Waals surface area contributed by atoms with E-state index < -0.39 is 0 Å². The van der Waals surface area contributed by atoms with Crippen LogP contribution in [0.2, 0.25) is 0 Å². The third-order valence-corrected chi connectivity index (χ3v) is 4.80. The molecule has 0 amide bonds. The van der Waals surface area contributed by atoms with Crippen LogP contribution in [0, 0.1) is 0 Å². The van der Waals surface area contributed by atoms with E-state index in [4.69, 9.17) is 4.98 Å². The summed E-state index contributed by atoms with van der Waals surface area (Å²) in [5.41, 5.74) is 1.93. The molecule has 0 aliphatic heterocycles. The second-order valence-corrected chi connectivity index (χ2v) is 6.55. The number of aromatic nitrogens is 2. The highest BCUT2D eigenvalue weighted by Gasteiger charge is 2.11. The van der Waals surface area contributed by atoms with E-state index in [1.54, 1.807) is 16.3 Å². The van der Waals surface area contributed by atoms with Crippen molar-refractivity contribution in [2.24, 2.45) is 0 Å². The molecule has 0 atom stereocenters. The number of para-hydroxylation sites is 1. The van der Waals surface area contributed by atoms with Gasteiger partial charge in [0.25, 0.3) is 5.56 Å². The summed E-state index contributed by atoms with van der Waals surface area (Å²) in [7, 11) is 0. The van der Waals surface area contributed by atoms with Crippen molar-refractivity contribution in [3.05, 3.63) is 70.5 Å². The van der Waals surface area contributed by atoms with E-state index in [0.717, 1.165) is 34.8 Å². The van der Waals surface area contributed by atoms with Gasteiger partial charge in [0.05, 0.1) is 17.4 Å². The zero-order valence-corrected chi connectivity index (χ0v) is 14.1. The fourth-order valence-corrected chi connectivity index (χ4v) is 3.55. The van der Waals surface area contributed by atoms with Gasteiger partial charge in [-0.1, -0.05) is 67.6 Å². The Kier molecular flexibility index (Phi) is 5.13. The Balaban J connectivity index is 2.06. The number of rotatable bonds is 6. The number of nitrogens with zero attached hydrogens (tertiary/aromatic N) is 2. The summed E-state index contributed by atoms with van der Waals surface area (Å²) in [5, 5.41) is 1.49. The summed E-state index contributed by atoms with van der Waals surface area (Å²) in [6.45, 7) is 2.73. The van der Waals surface area contributed by atoms with Gasteiger partial charge >= 0.3 is 0 Å². The summed E-state index contributed by atoms with van der Waals surface area (Å²) >= 11 is 1.67. The van der Waals surface area contributed by atoms with Crippen LogP contribution in [0.15, 0.2) is 64.5 Å². The largest absolute Gasteiger partial charge is 0.283 e. The molecule has 1 aromatic heterocycles. The van der Waals surface area contributed by atoms with Gasteiger partial charge in [0.1, 0.15) is 0 Å². The lowest BCUT2D eigenvalue weighted by Crippen LogP contribution is -2.24. The van der Waals surface area contributed by atoms with E-state index in [9.17, 15) is 4.79 Å². The van der Waals surface area contributed by atoms with E-state index in [-0.39, 0.29) is 5.56 Å². The highest BCUT2D eigenvalue weighted by Crippen LogP contribution is 2.20. The minimum atomic E-state index is 0.0402. The minimum Gasteiger partial charge on any atom is -0.283 e. The van der Waals surface area contributed by atoms with Crippen molar-refractivity contribution in [2.75, 3.05) is 5.75 Å². The van der Waals surface area contributed by atoms with E-state index >= 15 is 0 Å². The number of hydrogen-bond acceptors (Lipinski definition) is 3. The smallest absolute Gasteiger partial charge is 0.262 e. The van der Waals surface area contributed by atoms with E-state index in [0.29, 0.717) is 11.9 Å². The molecule has 0 bridgehead atoms. The molecule has 0 unspecified atom stereocenters. The molecule has 1 heterocycles. The molecule has 4 heteroatoms. The van der Waals surface area contributed by atoms with Crippen LogP contribution in [0.3, 0.4) is 0 Å². The van der Waals surface area contributed by atoms with E-state index in [1.165, 1.54) is 0 Å². The standard InChI is InChI=1S/C19H20N2OS/c1-2-3-13-23-19-20-17-12-8-7-11-16(17)18(22)21(19)14-15-9-5-4-6-10-15/h4-12H,2-3,13-14H2,1H3. The predicted molar refractivity (Wildman–Crippen MR) is 97.2 cm³/mol. The fraction of sp³-hybridized carbons (Fsp3) is 0.263. The van der Waals surface area contributed by atoms with Gasteiger partial charge in [-0.25, -0.2) is 4.98 Å². The van der Waals surface area contributed by atoms with E-state index in [1.807, 2.05) is 54.6 Å². The molecule has 0 aliphatic rings. The highest BCUT2D eigenvalue weighted by atomic mass is 32.2. The third-order valence-electron chi connectivity index (χ3n) is 3.74. The molecule has 3 nitrogen and oxygen atoms in total. The maximum atomic E-state index is 12.9. The summed E-state index contributed by atoms with van der Waals surface area (Å²) in [5.74, 6) is 0.982. The molecule has 118 valence electrons. The molecule has 3 aromatic rings. The fourth-order valence-electron chi connectivity index (χ4n) is 2.47. The van der Waals surface area contributed by atoms with Gasteiger partial charge in [-0.15, -0.1) is 0 Å². The number of thioether (sulfide) groups is 1. The average molecular weight is 324 g/mol. The summed E-state index contributed by atoms with van der Waals surface area (Å²) in [6, 6.07) is 17.7. The zero-order valence-electron chi connectivity index (χ0n) is 13.2. The Bertz CT molecular complexity index is 843. The van der Waals surface area contributed by atoms with Gasteiger partial charge in [-0.05, 0) is 24.1 Å². The van der Waals surface area contributed by atoms with Crippen molar-refractivity contribution in [1.82, 2.24) is 9.55 Å². The Hall–Kier alpha value is -2.07. The van der Waals surface area contributed by atoms with Gasteiger partial charge in [0.15, 0.2) is 5.16 Å². The molecule has 0 saturated carbocycles. The van der Waals surface area contributed by atoms with Gasteiger partial charge < -0.3 is 0 Å². The third kappa shape index (κ3) is 3.64. The average Bonchev–Trinajstić information content (AvgIpc) is 2.59. The van der Waals surface area contributed by atoms with Crippen LogP contribution in [0.25, 0.3) is 10.9 Å². The lowest BCUT2D eigenvalue weighted by molar-refractivity contribution is 0.657. The maximum absolute atomic E-state index is 12.9. The number of fused-ring (bicyclic) bond motifs is 1. The minimum absolute atomic E-state index is 0.0402. The maximum Gasteiger partial charge on any atom is 0.262 e. The normalized spacial score (nSPS) is 11.0. The molecule has 0 spiro atoms. The first-order valence-corrected chi connectivity index (χ1v) is 8.94. The molecule has 0 aliphatic carbocycles. The van der Waals surface area contributed by atoms with E-state index in [2.05, 4.69) is 6.92 Å². The Morgan fingerprint density at radius 2 is 1.78 bits per heavy atom. The SMILES string of the molecule is CCCCSc1nc2ccccc2c(=O)n1Cc1ccccc1. The second kappa shape index (κ2) is 7.47. The van der Waals surface area contributed by atoms with Crippen LogP contribution in [0.4, 0.5) is 0 Å². The first kappa shape index (κ1) is 15.8. The first-order valence-electron chi connectivity index (χ1n) is 7.96. The van der Waals surface area contributed by atoms with Crippen LogP contribution in [-0.2, 0) is 6.54 Å². The number of unbranched alkanes of at least 4 members (excludes halogenated alkanes) is 1. The van der Waals surface area contributed by atoms with Crippen LogP contribution >= 0.6 is 11.8 Å².